The number of quaternary nitrogens is 1. The molecule has 342 valence electrons. The number of ether oxygens (including phenoxy) is 2. The van der Waals surface area contributed by atoms with E-state index in [0.717, 1.165) is 44.9 Å². The van der Waals surface area contributed by atoms with E-state index in [1.807, 2.05) is 33.3 Å². The Balaban J connectivity index is 2.50. The van der Waals surface area contributed by atoms with Gasteiger partial charge in [0.05, 0.1) is 40.0 Å². The number of aliphatic hydroxyl groups is 2. The van der Waals surface area contributed by atoms with Crippen LogP contribution in [0, 0.1) is 11.8 Å². The topological polar surface area (TPSA) is 166 Å². The average Bonchev–Trinajstić information content (AvgIpc) is 3.44. The Morgan fingerprint density at radius 2 is 1.36 bits per heavy atom. The van der Waals surface area contributed by atoms with Gasteiger partial charge in [-0.1, -0.05) is 121 Å². The van der Waals surface area contributed by atoms with Gasteiger partial charge in [-0.3, -0.25) is 23.4 Å². The first kappa shape index (κ1) is 54.8. The Bertz CT molecular complexity index is 1260. The van der Waals surface area contributed by atoms with Crippen LogP contribution in [0.4, 0.5) is 0 Å². The number of allylic oxidation sites excluding steroid dienone is 5. The molecule has 1 fully saturated rings. The van der Waals surface area contributed by atoms with Crippen LogP contribution >= 0.6 is 7.82 Å². The van der Waals surface area contributed by atoms with Crippen molar-refractivity contribution in [2.75, 3.05) is 47.5 Å². The molecule has 0 saturated heterocycles. The Hall–Kier alpha value is -2.18. The molecule has 0 aromatic heterocycles. The fraction of sp³-hybridized carbons (Fsp3) is 0.804. The molecule has 12 nitrogen and oxygen atoms in total. The number of unbranched alkanes of at least 4 members (excludes halogenated alkanes) is 14. The van der Waals surface area contributed by atoms with Crippen molar-refractivity contribution in [2.45, 2.75) is 180 Å². The summed E-state index contributed by atoms with van der Waals surface area (Å²) in [6.45, 7) is 3.99. The van der Waals surface area contributed by atoms with Gasteiger partial charge in [0.1, 0.15) is 25.5 Å². The van der Waals surface area contributed by atoms with E-state index in [1.54, 1.807) is 12.2 Å². The standard InChI is InChI=1S/C46H82NO11P/c1-6-8-10-11-12-13-14-15-16-17-18-19-20-21-27-31-46(52)58-40(38-57-59(53,54)56-35-34-47(3,4)5)37-55-45(51)30-26-23-22-25-29-41-42(44(50)36-43(41)49)33-32-39(48)28-24-9-7-2/h13-14,22,25,32-33,39-43,48-49H,6-12,15-21,23-24,26-31,34-38H2,1-5H3/p+1/b14-13-,25-22-,33-32+/t39-,40+,41+,42+,43-/m0/s1. The highest BCUT2D eigenvalue weighted by atomic mass is 31.2. The SMILES string of the molecule is CCCCCC/C=C\CCCCCCCCCC(=O)O[C@H](COC(=O)CCC/C=C\C[C@H]1[C@@H](O)CC(=O)[C@@H]1/C=C/[C@@H](O)CCCCC)COP(=O)(O)OCC[N+](C)(C)C. The summed E-state index contributed by atoms with van der Waals surface area (Å²) >= 11 is 0. The zero-order chi connectivity index (χ0) is 43.8. The maximum absolute atomic E-state index is 12.7. The number of carbonyl (C=O) groups excluding carboxylic acids is 3. The van der Waals surface area contributed by atoms with E-state index >= 15 is 0 Å². The second-order valence-corrected chi connectivity index (χ2v) is 18.7. The lowest BCUT2D eigenvalue weighted by Gasteiger charge is -2.24. The van der Waals surface area contributed by atoms with Gasteiger partial charge in [0.25, 0.3) is 0 Å². The Kier molecular flexibility index (Phi) is 31.1. The first-order valence-corrected chi connectivity index (χ1v) is 24.3. The number of likely N-dealkylation sites (N-methyl/N-ethyl adjacent to an activating group) is 1. The Labute approximate surface area is 357 Å². The molecule has 0 radical (unpaired) electrons. The number of carbonyl (C=O) groups is 3. The van der Waals surface area contributed by atoms with Crippen molar-refractivity contribution in [2.24, 2.45) is 11.8 Å². The normalized spacial score (nSPS) is 19.5. The van der Waals surface area contributed by atoms with Crippen molar-refractivity contribution in [3.63, 3.8) is 0 Å². The predicted octanol–water partition coefficient (Wildman–Crippen LogP) is 9.50. The maximum Gasteiger partial charge on any atom is 0.472 e. The molecule has 0 aromatic carbocycles. The number of rotatable bonds is 37. The van der Waals surface area contributed by atoms with Crippen LogP contribution in [0.2, 0.25) is 0 Å². The highest BCUT2D eigenvalue weighted by Gasteiger charge is 2.39. The van der Waals surface area contributed by atoms with Crippen LogP contribution < -0.4 is 0 Å². The van der Waals surface area contributed by atoms with Crippen molar-refractivity contribution in [3.8, 4) is 0 Å². The van der Waals surface area contributed by atoms with E-state index in [1.165, 1.54) is 51.4 Å². The number of aliphatic hydroxyl groups excluding tert-OH is 2. The molecule has 0 bridgehead atoms. The smallest absolute Gasteiger partial charge is 0.462 e. The van der Waals surface area contributed by atoms with E-state index in [9.17, 15) is 34.1 Å². The molecule has 0 aromatic rings. The van der Waals surface area contributed by atoms with Gasteiger partial charge in [0.15, 0.2) is 6.10 Å². The third-order valence-electron chi connectivity index (χ3n) is 10.5. The lowest BCUT2D eigenvalue weighted by molar-refractivity contribution is -0.870. The average molecular weight is 857 g/mol. The third-order valence-corrected chi connectivity index (χ3v) is 11.5. The minimum Gasteiger partial charge on any atom is -0.462 e. The number of phosphoric ester groups is 1. The van der Waals surface area contributed by atoms with Crippen LogP contribution in [0.25, 0.3) is 0 Å². The van der Waals surface area contributed by atoms with Gasteiger partial charge in [-0.05, 0) is 57.8 Å². The van der Waals surface area contributed by atoms with Crippen LogP contribution in [0.1, 0.15) is 162 Å². The van der Waals surface area contributed by atoms with Gasteiger partial charge in [-0.2, -0.15) is 0 Å². The molecule has 0 amide bonds. The quantitative estimate of drug-likeness (QED) is 0.0179. The zero-order valence-corrected chi connectivity index (χ0v) is 38.3. The highest BCUT2D eigenvalue weighted by molar-refractivity contribution is 7.47. The summed E-state index contributed by atoms with van der Waals surface area (Å²) in [5.74, 6) is -1.73. The molecule has 6 atom stereocenters. The van der Waals surface area contributed by atoms with E-state index in [4.69, 9.17) is 18.5 Å². The summed E-state index contributed by atoms with van der Waals surface area (Å²) in [7, 11) is 1.33. The largest absolute Gasteiger partial charge is 0.472 e. The molecule has 0 spiro atoms. The highest BCUT2D eigenvalue weighted by Crippen LogP contribution is 2.43. The molecule has 1 saturated carbocycles. The van der Waals surface area contributed by atoms with Crippen LogP contribution in [0.5, 0.6) is 0 Å². The first-order valence-electron chi connectivity index (χ1n) is 22.8. The minimum absolute atomic E-state index is 0.0122. The second-order valence-electron chi connectivity index (χ2n) is 17.2. The number of phosphoric acid groups is 1. The molecule has 13 heteroatoms. The summed E-state index contributed by atoms with van der Waals surface area (Å²) in [6, 6.07) is 0. The van der Waals surface area contributed by atoms with Crippen molar-refractivity contribution < 1.29 is 57.1 Å². The van der Waals surface area contributed by atoms with E-state index in [2.05, 4.69) is 26.0 Å². The molecule has 1 rings (SSSR count). The van der Waals surface area contributed by atoms with Gasteiger partial charge >= 0.3 is 19.8 Å². The van der Waals surface area contributed by atoms with Crippen LogP contribution in [-0.4, -0.2) is 103 Å². The maximum atomic E-state index is 12.7. The summed E-state index contributed by atoms with van der Waals surface area (Å²) in [5.41, 5.74) is 0. The van der Waals surface area contributed by atoms with Crippen molar-refractivity contribution in [1.82, 2.24) is 0 Å². The van der Waals surface area contributed by atoms with E-state index in [-0.39, 0.29) is 44.2 Å². The fourth-order valence-corrected chi connectivity index (χ4v) is 7.55. The van der Waals surface area contributed by atoms with Crippen molar-refractivity contribution >= 4 is 25.5 Å². The Morgan fingerprint density at radius 3 is 2.02 bits per heavy atom. The summed E-state index contributed by atoms with van der Waals surface area (Å²) in [5, 5.41) is 20.7. The number of Topliss-reactive ketones (excluding diaryl/α,β-unsaturated/α-hetero) is 1. The summed E-state index contributed by atoms with van der Waals surface area (Å²) < 4.78 is 34.2. The van der Waals surface area contributed by atoms with Gasteiger partial charge in [0, 0.05) is 31.1 Å². The molecular formula is C46H83NO11P+. The minimum atomic E-state index is -4.44. The van der Waals surface area contributed by atoms with Gasteiger partial charge in [0.2, 0.25) is 0 Å². The molecular weight excluding hydrogens is 773 g/mol. The van der Waals surface area contributed by atoms with Gasteiger partial charge < -0.3 is 29.1 Å². The van der Waals surface area contributed by atoms with E-state index < -0.39 is 50.6 Å². The third kappa shape index (κ3) is 30.5. The molecule has 59 heavy (non-hydrogen) atoms. The molecule has 1 aliphatic rings. The van der Waals surface area contributed by atoms with Crippen LogP contribution in [-0.2, 0) is 37.5 Å². The number of hydrogen-bond acceptors (Lipinski definition) is 10. The lowest BCUT2D eigenvalue weighted by atomic mass is 9.90. The van der Waals surface area contributed by atoms with Crippen molar-refractivity contribution in [3.05, 3.63) is 36.5 Å². The first-order chi connectivity index (χ1) is 28.2. The molecule has 0 aliphatic heterocycles. The summed E-state index contributed by atoms with van der Waals surface area (Å²) in [6.07, 6.45) is 29.8. The number of ketones is 1. The van der Waals surface area contributed by atoms with Gasteiger partial charge in [-0.15, -0.1) is 0 Å². The summed E-state index contributed by atoms with van der Waals surface area (Å²) in [4.78, 5) is 48.1. The van der Waals surface area contributed by atoms with Crippen molar-refractivity contribution in [1.29, 1.82) is 0 Å². The monoisotopic (exact) mass is 857 g/mol. The van der Waals surface area contributed by atoms with Crippen LogP contribution in [0.3, 0.4) is 0 Å². The number of esters is 2. The predicted molar refractivity (Wildman–Crippen MR) is 234 cm³/mol. The lowest BCUT2D eigenvalue weighted by Crippen LogP contribution is -2.37. The molecule has 0 heterocycles. The van der Waals surface area contributed by atoms with Gasteiger partial charge in [-0.25, -0.2) is 4.57 Å². The Morgan fingerprint density at radius 1 is 0.780 bits per heavy atom. The second kappa shape index (κ2) is 33.4. The molecule has 1 unspecified atom stereocenters. The van der Waals surface area contributed by atoms with E-state index in [0.29, 0.717) is 43.1 Å². The zero-order valence-electron chi connectivity index (χ0n) is 37.4. The fourth-order valence-electron chi connectivity index (χ4n) is 6.81. The molecule has 1 aliphatic carbocycles. The van der Waals surface area contributed by atoms with Crippen LogP contribution in [0.15, 0.2) is 36.5 Å². The molecule has 3 N–H and O–H groups in total. The number of nitrogens with zero attached hydrogens (tertiary/aromatic N) is 1. The number of hydrogen-bond donors (Lipinski definition) is 3.